The van der Waals surface area contributed by atoms with Crippen molar-refractivity contribution in [3.8, 4) is 0 Å². The molecular formula is C8H7I3O. The molecule has 0 unspecified atom stereocenters. The Morgan fingerprint density at radius 3 is 2.33 bits per heavy atom. The topological polar surface area (TPSA) is 20.2 Å². The van der Waals surface area contributed by atoms with Crippen molar-refractivity contribution >= 4 is 67.8 Å². The molecule has 66 valence electrons. The molecule has 12 heavy (non-hydrogen) atoms. The van der Waals surface area contributed by atoms with Gasteiger partial charge in [0.05, 0.1) is 0 Å². The number of hydrogen-bond acceptors (Lipinski definition) is 1. The van der Waals surface area contributed by atoms with E-state index in [4.69, 9.17) is 5.11 Å². The van der Waals surface area contributed by atoms with Crippen LogP contribution < -0.4 is 0 Å². The van der Waals surface area contributed by atoms with E-state index in [1.807, 2.05) is 0 Å². The van der Waals surface area contributed by atoms with Crippen LogP contribution in [0, 0.1) is 10.7 Å². The van der Waals surface area contributed by atoms with Crippen molar-refractivity contribution < 1.29 is 5.11 Å². The molecule has 0 spiro atoms. The fraction of sp³-hybridized carbons (Fsp3) is 0.250. The van der Waals surface area contributed by atoms with Crippen LogP contribution in [-0.2, 0) is 6.42 Å². The van der Waals surface area contributed by atoms with Gasteiger partial charge in [0.25, 0.3) is 0 Å². The monoisotopic (exact) mass is 500 g/mol. The molecule has 0 bridgehead atoms. The van der Waals surface area contributed by atoms with Crippen LogP contribution in [-0.4, -0.2) is 11.7 Å². The van der Waals surface area contributed by atoms with Crippen LogP contribution >= 0.6 is 67.8 Å². The Labute approximate surface area is 113 Å². The molecule has 1 rings (SSSR count). The van der Waals surface area contributed by atoms with E-state index in [0.717, 1.165) is 6.42 Å². The van der Waals surface area contributed by atoms with Crippen molar-refractivity contribution in [2.45, 2.75) is 6.42 Å². The summed E-state index contributed by atoms with van der Waals surface area (Å²) in [6.45, 7) is 0.229. The van der Waals surface area contributed by atoms with Crippen LogP contribution in [0.2, 0.25) is 0 Å². The minimum Gasteiger partial charge on any atom is -0.396 e. The maximum atomic E-state index is 8.80. The first-order chi connectivity index (χ1) is 5.66. The van der Waals surface area contributed by atoms with Gasteiger partial charge in [-0.25, -0.2) is 0 Å². The van der Waals surface area contributed by atoms with E-state index in [2.05, 4.69) is 79.9 Å². The lowest BCUT2D eigenvalue weighted by molar-refractivity contribution is 0.299. The van der Waals surface area contributed by atoms with Gasteiger partial charge in [-0.2, -0.15) is 0 Å². The maximum Gasteiger partial charge on any atom is 0.0471 e. The normalized spacial score (nSPS) is 10.3. The zero-order valence-electron chi connectivity index (χ0n) is 6.15. The summed E-state index contributed by atoms with van der Waals surface area (Å²) in [7, 11) is 0. The van der Waals surface area contributed by atoms with Gasteiger partial charge >= 0.3 is 0 Å². The second-order valence-corrected chi connectivity index (χ2v) is 5.63. The fourth-order valence-corrected chi connectivity index (χ4v) is 3.11. The maximum absolute atomic E-state index is 8.80. The lowest BCUT2D eigenvalue weighted by Gasteiger charge is -2.05. The van der Waals surface area contributed by atoms with Gasteiger partial charge in [0.2, 0.25) is 0 Å². The molecule has 0 aliphatic heterocycles. The lowest BCUT2D eigenvalue weighted by Crippen LogP contribution is -1.97. The van der Waals surface area contributed by atoms with E-state index >= 15 is 0 Å². The Morgan fingerprint density at radius 2 is 1.75 bits per heavy atom. The fourth-order valence-electron chi connectivity index (χ4n) is 0.879. The van der Waals surface area contributed by atoms with Crippen molar-refractivity contribution in [1.29, 1.82) is 0 Å². The summed E-state index contributed by atoms with van der Waals surface area (Å²) in [5.74, 6) is 0. The van der Waals surface area contributed by atoms with Gasteiger partial charge in [-0.05, 0) is 85.8 Å². The number of halogens is 3. The van der Waals surface area contributed by atoms with Gasteiger partial charge in [-0.15, -0.1) is 0 Å². The zero-order valence-corrected chi connectivity index (χ0v) is 12.6. The minimum atomic E-state index is 0.229. The van der Waals surface area contributed by atoms with E-state index in [-0.39, 0.29) is 6.61 Å². The number of aliphatic hydroxyl groups excluding tert-OH is 1. The van der Waals surface area contributed by atoms with E-state index in [9.17, 15) is 0 Å². The number of aliphatic hydroxyl groups is 1. The summed E-state index contributed by atoms with van der Waals surface area (Å²) in [5.41, 5.74) is 1.24. The number of rotatable bonds is 2. The summed E-state index contributed by atoms with van der Waals surface area (Å²) in [6, 6.07) is 4.18. The third-order valence-corrected chi connectivity index (χ3v) is 6.81. The second-order valence-electron chi connectivity index (χ2n) is 2.31. The lowest BCUT2D eigenvalue weighted by atomic mass is 10.2. The Hall–Kier alpha value is 1.37. The van der Waals surface area contributed by atoms with Crippen LogP contribution in [0.25, 0.3) is 0 Å². The molecule has 0 aliphatic rings. The molecule has 0 saturated heterocycles. The highest BCUT2D eigenvalue weighted by atomic mass is 127. The largest absolute Gasteiger partial charge is 0.396 e. The quantitative estimate of drug-likeness (QED) is 0.490. The van der Waals surface area contributed by atoms with E-state index in [1.165, 1.54) is 16.3 Å². The SMILES string of the molecule is OCCc1ccc(I)c(I)c1I. The predicted molar refractivity (Wildman–Crippen MR) is 75.4 cm³/mol. The first-order valence-electron chi connectivity index (χ1n) is 3.40. The Balaban J connectivity index is 3.08. The van der Waals surface area contributed by atoms with Gasteiger partial charge in [-0.3, -0.25) is 0 Å². The van der Waals surface area contributed by atoms with Crippen molar-refractivity contribution in [3.05, 3.63) is 28.4 Å². The summed E-state index contributed by atoms with van der Waals surface area (Å²) in [6.07, 6.45) is 0.755. The van der Waals surface area contributed by atoms with Gasteiger partial charge in [0, 0.05) is 17.3 Å². The van der Waals surface area contributed by atoms with Crippen LogP contribution in [0.4, 0.5) is 0 Å². The van der Waals surface area contributed by atoms with Gasteiger partial charge < -0.3 is 5.11 Å². The van der Waals surface area contributed by atoms with Gasteiger partial charge in [0.15, 0.2) is 0 Å². The van der Waals surface area contributed by atoms with Gasteiger partial charge in [0.1, 0.15) is 0 Å². The molecule has 0 amide bonds. The highest BCUT2D eigenvalue weighted by Crippen LogP contribution is 2.24. The van der Waals surface area contributed by atoms with E-state index in [0.29, 0.717) is 0 Å². The van der Waals surface area contributed by atoms with Crippen LogP contribution in [0.15, 0.2) is 12.1 Å². The molecule has 1 N–H and O–H groups in total. The van der Waals surface area contributed by atoms with Crippen molar-refractivity contribution in [2.24, 2.45) is 0 Å². The Kier molecular flexibility index (Phi) is 5.05. The zero-order chi connectivity index (χ0) is 9.14. The van der Waals surface area contributed by atoms with Gasteiger partial charge in [-0.1, -0.05) is 6.07 Å². The highest BCUT2D eigenvalue weighted by molar-refractivity contribution is 14.1. The molecule has 1 nitrogen and oxygen atoms in total. The Bertz CT molecular complexity index is 286. The standard InChI is InChI=1S/C8H7I3O/c9-6-2-1-5(3-4-12)7(10)8(6)11/h1-2,12H,3-4H2. The van der Waals surface area contributed by atoms with Crippen molar-refractivity contribution in [1.82, 2.24) is 0 Å². The third kappa shape index (κ3) is 2.68. The number of hydrogen-bond donors (Lipinski definition) is 1. The highest BCUT2D eigenvalue weighted by Gasteiger charge is 2.05. The molecule has 0 fully saturated rings. The third-order valence-electron chi connectivity index (χ3n) is 1.50. The van der Waals surface area contributed by atoms with Crippen molar-refractivity contribution in [3.63, 3.8) is 0 Å². The van der Waals surface area contributed by atoms with Crippen LogP contribution in [0.3, 0.4) is 0 Å². The van der Waals surface area contributed by atoms with Crippen molar-refractivity contribution in [2.75, 3.05) is 6.61 Å². The number of benzene rings is 1. The van der Waals surface area contributed by atoms with E-state index < -0.39 is 0 Å². The molecule has 1 aromatic carbocycles. The molecule has 0 saturated carbocycles. The molecule has 0 aromatic heterocycles. The summed E-state index contributed by atoms with van der Waals surface area (Å²) < 4.78 is 3.84. The Morgan fingerprint density at radius 1 is 1.08 bits per heavy atom. The van der Waals surface area contributed by atoms with Crippen LogP contribution in [0.1, 0.15) is 5.56 Å². The predicted octanol–water partition coefficient (Wildman–Crippen LogP) is 3.04. The minimum absolute atomic E-state index is 0.229. The summed E-state index contributed by atoms with van der Waals surface area (Å²) >= 11 is 6.99. The molecule has 0 heterocycles. The molecule has 4 heteroatoms. The van der Waals surface area contributed by atoms with E-state index in [1.54, 1.807) is 0 Å². The molecule has 0 radical (unpaired) electrons. The molecule has 0 aliphatic carbocycles. The molecular weight excluding hydrogens is 493 g/mol. The first-order valence-corrected chi connectivity index (χ1v) is 6.63. The molecule has 1 aromatic rings. The summed E-state index contributed by atoms with van der Waals surface area (Å²) in [5, 5.41) is 8.80. The average Bonchev–Trinajstić information content (AvgIpc) is 2.07. The summed E-state index contributed by atoms with van der Waals surface area (Å²) in [4.78, 5) is 0. The second kappa shape index (κ2) is 5.30. The smallest absolute Gasteiger partial charge is 0.0471 e. The average molecular weight is 500 g/mol. The van der Waals surface area contributed by atoms with Crippen LogP contribution in [0.5, 0.6) is 0 Å². The molecule has 0 atom stereocenters. The first kappa shape index (κ1) is 11.4.